The van der Waals surface area contributed by atoms with Gasteiger partial charge in [-0.25, -0.2) is 9.65 Å². The Hall–Kier alpha value is -0.920. The van der Waals surface area contributed by atoms with E-state index in [1.165, 1.54) is 0 Å². The summed E-state index contributed by atoms with van der Waals surface area (Å²) in [6.45, 7) is 9.02. The third-order valence-electron chi connectivity index (χ3n) is 4.99. The number of aromatic nitrogens is 1. The van der Waals surface area contributed by atoms with Gasteiger partial charge in [-0.2, -0.15) is 5.26 Å². The minimum Gasteiger partial charge on any atom is -0.394 e. The fourth-order valence-electron chi connectivity index (χ4n) is 3.62. The number of carbonyl (C=O) groups is 1. The summed E-state index contributed by atoms with van der Waals surface area (Å²) < 4.78 is 14.5. The molecule has 1 unspecified atom stereocenters. The number of likely N-dealkylation sites (tertiary alicyclic amines) is 1. The summed E-state index contributed by atoms with van der Waals surface area (Å²) in [7, 11) is 1.78. The highest BCUT2D eigenvalue weighted by atomic mass is 33.1. The number of aliphatic hydroxyl groups is 1. The largest absolute Gasteiger partial charge is 0.394 e. The summed E-state index contributed by atoms with van der Waals surface area (Å²) in [5, 5.41) is 19.7. The zero-order valence-corrected chi connectivity index (χ0v) is 22.3. The summed E-state index contributed by atoms with van der Waals surface area (Å²) in [5.41, 5.74) is 0. The van der Waals surface area contributed by atoms with Crippen molar-refractivity contribution in [2.45, 2.75) is 76.2 Å². The van der Waals surface area contributed by atoms with Gasteiger partial charge < -0.3 is 19.1 Å². The smallest absolute Gasteiger partial charge is 0.259 e. The molecule has 1 fully saturated rings. The molecule has 0 saturated carbocycles. The Kier molecular flexibility index (Phi) is 13.0. The fourth-order valence-corrected chi connectivity index (χ4v) is 7.19. The summed E-state index contributed by atoms with van der Waals surface area (Å²) in [4.78, 5) is 18.9. The number of pyridine rings is 1. The van der Waals surface area contributed by atoms with Crippen LogP contribution in [0.2, 0.25) is 0 Å². The van der Waals surface area contributed by atoms with E-state index < -0.39 is 8.53 Å². The van der Waals surface area contributed by atoms with E-state index in [2.05, 4.69) is 43.4 Å². The summed E-state index contributed by atoms with van der Waals surface area (Å²) in [6.07, 6.45) is 2.81. The normalized spacial score (nSPS) is 19.4. The Morgan fingerprint density at radius 1 is 1.39 bits per heavy atom. The number of amides is 1. The predicted octanol–water partition coefficient (Wildman–Crippen LogP) is 4.47. The van der Waals surface area contributed by atoms with Gasteiger partial charge in [0.2, 0.25) is 5.91 Å². The van der Waals surface area contributed by atoms with Crippen molar-refractivity contribution in [1.82, 2.24) is 14.6 Å². The van der Waals surface area contributed by atoms with Crippen molar-refractivity contribution in [3.8, 4) is 6.07 Å². The van der Waals surface area contributed by atoms with Crippen LogP contribution in [0, 0.1) is 11.3 Å². The molecule has 8 nitrogen and oxygen atoms in total. The van der Waals surface area contributed by atoms with E-state index in [1.807, 2.05) is 18.2 Å². The lowest BCUT2D eigenvalue weighted by Gasteiger charge is -2.36. The van der Waals surface area contributed by atoms with Gasteiger partial charge >= 0.3 is 0 Å². The van der Waals surface area contributed by atoms with Crippen LogP contribution < -0.4 is 0 Å². The molecule has 1 aromatic rings. The SMILES string of the molecule is CC(C)N(C(C)C)P(OCCC#N)O[C@@H]1C[C@@H](CO)N(C(=O)CCSSc2ccccn2)C1. The molecule has 3 atom stereocenters. The number of hydrogen-bond acceptors (Lipinski definition) is 9. The van der Waals surface area contributed by atoms with Gasteiger partial charge in [0.25, 0.3) is 8.53 Å². The molecule has 1 amide bonds. The van der Waals surface area contributed by atoms with Crippen molar-refractivity contribution < 1.29 is 18.9 Å². The van der Waals surface area contributed by atoms with Crippen LogP contribution in [0.1, 0.15) is 47.0 Å². The average Bonchev–Trinajstić information content (AvgIpc) is 3.20. The number of nitriles is 1. The van der Waals surface area contributed by atoms with Gasteiger partial charge in [-0.15, -0.1) is 0 Å². The second-order valence-corrected chi connectivity index (χ2v) is 12.1. The van der Waals surface area contributed by atoms with Crippen LogP contribution in [0.15, 0.2) is 29.4 Å². The number of rotatable bonds is 14. The first kappa shape index (κ1) is 28.3. The first-order valence-corrected chi connectivity index (χ1v) is 14.7. The van der Waals surface area contributed by atoms with Crippen LogP contribution in [-0.2, 0) is 13.8 Å². The molecule has 11 heteroatoms. The van der Waals surface area contributed by atoms with E-state index in [0.717, 1.165) is 5.03 Å². The van der Waals surface area contributed by atoms with Crippen molar-refractivity contribution in [2.24, 2.45) is 0 Å². The lowest BCUT2D eigenvalue weighted by molar-refractivity contribution is -0.132. The lowest BCUT2D eigenvalue weighted by atomic mass is 10.2. The zero-order valence-electron chi connectivity index (χ0n) is 19.8. The predicted molar refractivity (Wildman–Crippen MR) is 134 cm³/mol. The van der Waals surface area contributed by atoms with E-state index in [1.54, 1.807) is 32.7 Å². The highest BCUT2D eigenvalue weighted by molar-refractivity contribution is 8.76. The van der Waals surface area contributed by atoms with Crippen LogP contribution >= 0.6 is 30.1 Å². The molecule has 1 aliphatic rings. The molecule has 2 heterocycles. The van der Waals surface area contributed by atoms with E-state index in [9.17, 15) is 9.90 Å². The highest BCUT2D eigenvalue weighted by Gasteiger charge is 2.38. The lowest BCUT2D eigenvalue weighted by Crippen LogP contribution is -2.38. The molecule has 0 aromatic carbocycles. The van der Waals surface area contributed by atoms with Crippen molar-refractivity contribution in [2.75, 3.05) is 25.5 Å². The Bertz CT molecular complexity index is 746. The monoisotopic (exact) mass is 514 g/mol. The van der Waals surface area contributed by atoms with E-state index in [-0.39, 0.29) is 36.7 Å². The molecule has 1 aliphatic heterocycles. The second kappa shape index (κ2) is 15.2. The standard InChI is InChI=1S/C22H35N4O4PS2/c1-17(2)26(18(3)4)31(29-12-7-10-23)30-20-14-19(16-27)25(15-20)22(28)9-13-32-33-21-8-5-6-11-24-21/h5-6,8,11,17-20,27H,7,9,12-16H2,1-4H3/t19-,20+,31?/m0/s1. The Balaban J connectivity index is 1.92. The van der Waals surface area contributed by atoms with Gasteiger partial charge in [0.05, 0.1) is 37.8 Å². The number of aliphatic hydroxyl groups excluding tert-OH is 1. The van der Waals surface area contributed by atoms with Crippen LogP contribution in [-0.4, -0.2) is 75.3 Å². The molecule has 1 saturated heterocycles. The maximum Gasteiger partial charge on any atom is 0.259 e. The molecule has 184 valence electrons. The molecule has 1 N–H and O–H groups in total. The summed E-state index contributed by atoms with van der Waals surface area (Å²) in [5.74, 6) is 0.687. The number of nitrogens with zero attached hydrogens (tertiary/aromatic N) is 4. The van der Waals surface area contributed by atoms with Crippen molar-refractivity contribution in [3.63, 3.8) is 0 Å². The number of carbonyl (C=O) groups excluding carboxylic acids is 1. The quantitative estimate of drug-likeness (QED) is 0.219. The molecule has 2 rings (SSSR count). The Morgan fingerprint density at radius 3 is 2.76 bits per heavy atom. The molecular formula is C22H35N4O4PS2. The molecule has 0 spiro atoms. The van der Waals surface area contributed by atoms with Crippen LogP contribution in [0.5, 0.6) is 0 Å². The van der Waals surface area contributed by atoms with Crippen molar-refractivity contribution >= 4 is 36.0 Å². The van der Waals surface area contributed by atoms with Gasteiger partial charge in [-0.1, -0.05) is 16.9 Å². The van der Waals surface area contributed by atoms with Gasteiger partial charge in [-0.05, 0) is 57.0 Å². The number of hydrogen-bond donors (Lipinski definition) is 1. The van der Waals surface area contributed by atoms with Crippen molar-refractivity contribution in [3.05, 3.63) is 24.4 Å². The maximum atomic E-state index is 12.9. The van der Waals surface area contributed by atoms with Gasteiger partial charge in [-0.3, -0.25) is 4.79 Å². The molecule has 0 radical (unpaired) electrons. The highest BCUT2D eigenvalue weighted by Crippen LogP contribution is 2.48. The van der Waals surface area contributed by atoms with E-state index in [4.69, 9.17) is 14.3 Å². The molecular weight excluding hydrogens is 479 g/mol. The molecule has 33 heavy (non-hydrogen) atoms. The molecule has 0 bridgehead atoms. The third-order valence-corrected chi connectivity index (χ3v) is 9.44. The minimum absolute atomic E-state index is 0.0218. The first-order valence-electron chi connectivity index (χ1n) is 11.2. The van der Waals surface area contributed by atoms with Crippen molar-refractivity contribution in [1.29, 1.82) is 5.26 Å². The van der Waals surface area contributed by atoms with Gasteiger partial charge in [0, 0.05) is 37.0 Å². The van der Waals surface area contributed by atoms with Gasteiger partial charge in [0.15, 0.2) is 0 Å². The maximum absolute atomic E-state index is 12.9. The first-order chi connectivity index (χ1) is 15.9. The third kappa shape index (κ3) is 9.33. The second-order valence-electron chi connectivity index (χ2n) is 8.22. The average molecular weight is 515 g/mol. The summed E-state index contributed by atoms with van der Waals surface area (Å²) >= 11 is 0. The van der Waals surface area contributed by atoms with Gasteiger partial charge in [0.1, 0.15) is 5.03 Å². The topological polar surface area (TPSA) is 98.9 Å². The van der Waals surface area contributed by atoms with Crippen LogP contribution in [0.25, 0.3) is 0 Å². The Labute approximate surface area is 206 Å². The van der Waals surface area contributed by atoms with E-state index in [0.29, 0.717) is 38.2 Å². The van der Waals surface area contributed by atoms with E-state index >= 15 is 0 Å². The van der Waals surface area contributed by atoms with Crippen LogP contribution in [0.4, 0.5) is 0 Å². The zero-order chi connectivity index (χ0) is 24.2. The summed E-state index contributed by atoms with van der Waals surface area (Å²) in [6, 6.07) is 8.03. The molecule has 0 aliphatic carbocycles. The molecule has 1 aromatic heterocycles. The minimum atomic E-state index is -1.38. The fraction of sp³-hybridized carbons (Fsp3) is 0.682. The van der Waals surface area contributed by atoms with Crippen LogP contribution in [0.3, 0.4) is 0 Å². The Morgan fingerprint density at radius 2 is 2.15 bits per heavy atom.